The highest BCUT2D eigenvalue weighted by molar-refractivity contribution is 6.30. The molecule has 7 heteroatoms. The Bertz CT molecular complexity index is 598. The highest BCUT2D eigenvalue weighted by Gasteiger charge is 2.15. The second-order valence-electron chi connectivity index (χ2n) is 4.48. The van der Waals surface area contributed by atoms with E-state index in [-0.39, 0.29) is 17.7 Å². The van der Waals surface area contributed by atoms with Gasteiger partial charge in [-0.1, -0.05) is 17.7 Å². The molecule has 1 heterocycles. The first-order chi connectivity index (χ1) is 9.56. The lowest BCUT2D eigenvalue weighted by atomic mass is 10.2. The largest absolute Gasteiger partial charge is 0.412 e. The smallest absolute Gasteiger partial charge is 0.308 e. The van der Waals surface area contributed by atoms with E-state index in [1.54, 1.807) is 24.3 Å². The number of carbonyl (C=O) groups excluding carboxylic acids is 1. The van der Waals surface area contributed by atoms with Crippen LogP contribution >= 0.6 is 11.6 Å². The highest BCUT2D eigenvalue weighted by Crippen LogP contribution is 2.21. The van der Waals surface area contributed by atoms with Crippen molar-refractivity contribution in [3.63, 3.8) is 0 Å². The van der Waals surface area contributed by atoms with Crippen molar-refractivity contribution < 1.29 is 9.21 Å². The minimum absolute atomic E-state index is 0.0567. The third kappa shape index (κ3) is 3.79. The Morgan fingerprint density at radius 1 is 1.40 bits per heavy atom. The zero-order chi connectivity index (χ0) is 14.5. The van der Waals surface area contributed by atoms with Gasteiger partial charge >= 0.3 is 11.8 Å². The van der Waals surface area contributed by atoms with Crippen molar-refractivity contribution in [2.75, 3.05) is 27.2 Å². The van der Waals surface area contributed by atoms with Crippen LogP contribution in [-0.2, 0) is 0 Å². The molecule has 0 aliphatic carbocycles. The normalized spacial score (nSPS) is 10.8. The van der Waals surface area contributed by atoms with Crippen molar-refractivity contribution in [2.45, 2.75) is 0 Å². The van der Waals surface area contributed by atoms with E-state index in [2.05, 4.69) is 15.5 Å². The summed E-state index contributed by atoms with van der Waals surface area (Å²) in [5.74, 6) is -0.170. The Hall–Kier alpha value is -1.92. The number of hydrogen-bond acceptors (Lipinski definition) is 5. The Labute approximate surface area is 121 Å². The van der Waals surface area contributed by atoms with Crippen molar-refractivity contribution in [1.82, 2.24) is 20.4 Å². The van der Waals surface area contributed by atoms with E-state index < -0.39 is 0 Å². The molecule has 1 aromatic carbocycles. The maximum Gasteiger partial charge on any atom is 0.308 e. The highest BCUT2D eigenvalue weighted by atomic mass is 35.5. The van der Waals surface area contributed by atoms with E-state index in [1.165, 1.54) is 0 Å². The molecule has 20 heavy (non-hydrogen) atoms. The SMILES string of the molecule is CN(C)CCNC(=O)c1nnc(-c2cccc(Cl)c2)o1. The number of likely N-dealkylation sites (N-methyl/N-ethyl adjacent to an activating group) is 1. The van der Waals surface area contributed by atoms with E-state index in [0.717, 1.165) is 6.54 Å². The number of benzene rings is 1. The molecule has 2 aromatic rings. The zero-order valence-corrected chi connectivity index (χ0v) is 12.0. The maximum atomic E-state index is 11.8. The number of carbonyl (C=O) groups is 1. The van der Waals surface area contributed by atoms with Gasteiger partial charge in [0.1, 0.15) is 0 Å². The van der Waals surface area contributed by atoms with Crippen LogP contribution in [-0.4, -0.2) is 48.2 Å². The molecule has 0 saturated carbocycles. The summed E-state index contributed by atoms with van der Waals surface area (Å²) in [5.41, 5.74) is 0.678. The van der Waals surface area contributed by atoms with E-state index in [1.807, 2.05) is 19.0 Å². The summed E-state index contributed by atoms with van der Waals surface area (Å²) < 4.78 is 5.34. The summed E-state index contributed by atoms with van der Waals surface area (Å²) in [5, 5.41) is 10.9. The van der Waals surface area contributed by atoms with Crippen molar-refractivity contribution >= 4 is 17.5 Å². The quantitative estimate of drug-likeness (QED) is 0.908. The molecule has 0 unspecified atom stereocenters. The standard InChI is InChI=1S/C13H15ClN4O2/c1-18(2)7-6-15-11(19)13-17-16-12(20-13)9-4-3-5-10(14)8-9/h3-5,8H,6-7H2,1-2H3,(H,15,19). The van der Waals surface area contributed by atoms with Crippen LogP contribution < -0.4 is 5.32 Å². The molecule has 1 amide bonds. The Morgan fingerprint density at radius 3 is 2.90 bits per heavy atom. The molecule has 0 aliphatic rings. The molecule has 1 aromatic heterocycles. The van der Waals surface area contributed by atoms with Gasteiger partial charge < -0.3 is 14.6 Å². The van der Waals surface area contributed by atoms with Gasteiger partial charge in [-0.05, 0) is 32.3 Å². The summed E-state index contributed by atoms with van der Waals surface area (Å²) in [6, 6.07) is 7.00. The predicted molar refractivity (Wildman–Crippen MR) is 75.6 cm³/mol. The van der Waals surface area contributed by atoms with Crippen molar-refractivity contribution in [3.8, 4) is 11.5 Å². The van der Waals surface area contributed by atoms with Crippen LogP contribution in [0, 0.1) is 0 Å². The Morgan fingerprint density at radius 2 is 2.20 bits per heavy atom. The van der Waals surface area contributed by atoms with Gasteiger partial charge in [0, 0.05) is 23.7 Å². The van der Waals surface area contributed by atoms with E-state index in [4.69, 9.17) is 16.0 Å². The number of hydrogen-bond donors (Lipinski definition) is 1. The van der Waals surface area contributed by atoms with Gasteiger partial charge in [0.2, 0.25) is 5.89 Å². The van der Waals surface area contributed by atoms with Crippen LogP contribution in [0.25, 0.3) is 11.5 Å². The van der Waals surface area contributed by atoms with Gasteiger partial charge in [-0.2, -0.15) is 0 Å². The molecule has 0 saturated heterocycles. The number of nitrogens with zero attached hydrogens (tertiary/aromatic N) is 3. The van der Waals surface area contributed by atoms with E-state index in [0.29, 0.717) is 17.1 Å². The van der Waals surface area contributed by atoms with Crippen molar-refractivity contribution in [2.24, 2.45) is 0 Å². The Kier molecular flexibility index (Phi) is 4.70. The van der Waals surface area contributed by atoms with Gasteiger partial charge in [0.05, 0.1) is 0 Å². The summed E-state index contributed by atoms with van der Waals surface area (Å²) in [7, 11) is 3.85. The average molecular weight is 295 g/mol. The molecule has 1 N–H and O–H groups in total. The van der Waals surface area contributed by atoms with E-state index >= 15 is 0 Å². The van der Waals surface area contributed by atoms with Crippen LogP contribution in [0.2, 0.25) is 5.02 Å². The molecule has 0 aliphatic heterocycles. The third-order valence-electron chi connectivity index (χ3n) is 2.54. The number of halogens is 1. The molecule has 6 nitrogen and oxygen atoms in total. The number of rotatable bonds is 5. The zero-order valence-electron chi connectivity index (χ0n) is 11.3. The molecule has 0 fully saturated rings. The van der Waals surface area contributed by atoms with Crippen LogP contribution in [0.15, 0.2) is 28.7 Å². The molecule has 106 valence electrons. The summed E-state index contributed by atoms with van der Waals surface area (Å²) in [4.78, 5) is 13.7. The van der Waals surface area contributed by atoms with Gasteiger partial charge in [-0.25, -0.2) is 0 Å². The van der Waals surface area contributed by atoms with Crippen LogP contribution in [0.5, 0.6) is 0 Å². The van der Waals surface area contributed by atoms with Gasteiger partial charge in [-0.15, -0.1) is 10.2 Å². The lowest BCUT2D eigenvalue weighted by molar-refractivity contribution is 0.0917. The number of nitrogens with one attached hydrogen (secondary N) is 1. The molecule has 0 spiro atoms. The summed E-state index contributed by atoms with van der Waals surface area (Å²) in [6.07, 6.45) is 0. The molecular weight excluding hydrogens is 280 g/mol. The van der Waals surface area contributed by atoms with Gasteiger partial charge in [0.15, 0.2) is 0 Å². The average Bonchev–Trinajstić information content (AvgIpc) is 2.87. The first kappa shape index (κ1) is 14.5. The first-order valence-corrected chi connectivity index (χ1v) is 6.46. The van der Waals surface area contributed by atoms with Crippen molar-refractivity contribution in [1.29, 1.82) is 0 Å². The van der Waals surface area contributed by atoms with Gasteiger partial charge in [0.25, 0.3) is 0 Å². The fraction of sp³-hybridized carbons (Fsp3) is 0.308. The van der Waals surface area contributed by atoms with Gasteiger partial charge in [-0.3, -0.25) is 4.79 Å². The van der Waals surface area contributed by atoms with Crippen LogP contribution in [0.3, 0.4) is 0 Å². The van der Waals surface area contributed by atoms with Crippen LogP contribution in [0.1, 0.15) is 10.7 Å². The minimum Gasteiger partial charge on any atom is -0.412 e. The molecule has 0 radical (unpaired) electrons. The predicted octanol–water partition coefficient (Wildman–Crippen LogP) is 1.68. The summed E-state index contributed by atoms with van der Waals surface area (Å²) >= 11 is 5.89. The second kappa shape index (κ2) is 6.49. The number of aromatic nitrogens is 2. The molecule has 0 atom stereocenters. The fourth-order valence-electron chi connectivity index (χ4n) is 1.52. The monoisotopic (exact) mass is 294 g/mol. The van der Waals surface area contributed by atoms with Crippen LogP contribution in [0.4, 0.5) is 0 Å². The molecular formula is C13H15ClN4O2. The lowest BCUT2D eigenvalue weighted by Gasteiger charge is -2.08. The minimum atomic E-state index is -0.382. The summed E-state index contributed by atoms with van der Waals surface area (Å²) in [6.45, 7) is 1.25. The Balaban J connectivity index is 2.03. The molecule has 2 rings (SSSR count). The maximum absolute atomic E-state index is 11.8. The van der Waals surface area contributed by atoms with Crippen molar-refractivity contribution in [3.05, 3.63) is 35.2 Å². The van der Waals surface area contributed by atoms with E-state index in [9.17, 15) is 4.79 Å². The third-order valence-corrected chi connectivity index (χ3v) is 2.77. The second-order valence-corrected chi connectivity index (χ2v) is 4.92. The number of amides is 1. The molecule has 0 bridgehead atoms. The fourth-order valence-corrected chi connectivity index (χ4v) is 1.71. The first-order valence-electron chi connectivity index (χ1n) is 6.08. The topological polar surface area (TPSA) is 71.3 Å². The lowest BCUT2D eigenvalue weighted by Crippen LogP contribution is -2.31.